The van der Waals surface area contributed by atoms with E-state index in [0.29, 0.717) is 16.7 Å². The summed E-state index contributed by atoms with van der Waals surface area (Å²) in [6.45, 7) is 2.81. The fourth-order valence-electron chi connectivity index (χ4n) is 1.42. The van der Waals surface area contributed by atoms with Crippen molar-refractivity contribution < 1.29 is 14.4 Å². The second-order valence-corrected chi connectivity index (χ2v) is 4.11. The molecule has 1 aromatic carbocycles. The summed E-state index contributed by atoms with van der Waals surface area (Å²) >= 11 is 0. The highest BCUT2D eigenvalue weighted by molar-refractivity contribution is 6.04. The Morgan fingerprint density at radius 1 is 0.824 bits per heavy atom. The van der Waals surface area contributed by atoms with Crippen molar-refractivity contribution in [2.75, 3.05) is 14.1 Å². The highest BCUT2D eigenvalue weighted by Gasteiger charge is 2.13. The number of carbonyl (C=O) groups is 3. The standard InChI is InChI=1S/C13H15NO3/c1-8(15)10-5-11(9(2)16)7-12(6-10)13(17)14(3)4/h5-7H,1-4H3. The van der Waals surface area contributed by atoms with Crippen LogP contribution in [0.3, 0.4) is 0 Å². The molecule has 0 saturated carbocycles. The quantitative estimate of drug-likeness (QED) is 0.748. The minimum Gasteiger partial charge on any atom is -0.345 e. The lowest BCUT2D eigenvalue weighted by molar-refractivity contribution is 0.0827. The van der Waals surface area contributed by atoms with Gasteiger partial charge in [0.05, 0.1) is 0 Å². The summed E-state index contributed by atoms with van der Waals surface area (Å²) in [4.78, 5) is 35.9. The third kappa shape index (κ3) is 3.00. The molecule has 0 aromatic heterocycles. The zero-order valence-electron chi connectivity index (χ0n) is 10.4. The van der Waals surface area contributed by atoms with E-state index in [9.17, 15) is 14.4 Å². The molecule has 0 N–H and O–H groups in total. The number of amides is 1. The van der Waals surface area contributed by atoms with Crippen LogP contribution in [0, 0.1) is 0 Å². The monoisotopic (exact) mass is 233 g/mol. The number of nitrogens with zero attached hydrogens (tertiary/aromatic N) is 1. The number of rotatable bonds is 3. The fraction of sp³-hybridized carbons (Fsp3) is 0.308. The van der Waals surface area contributed by atoms with Crippen molar-refractivity contribution >= 4 is 17.5 Å². The highest BCUT2D eigenvalue weighted by Crippen LogP contribution is 2.13. The molecule has 0 atom stereocenters. The maximum absolute atomic E-state index is 11.8. The largest absolute Gasteiger partial charge is 0.345 e. The van der Waals surface area contributed by atoms with E-state index in [-0.39, 0.29) is 17.5 Å². The van der Waals surface area contributed by atoms with Crippen molar-refractivity contribution in [3.05, 3.63) is 34.9 Å². The minimum absolute atomic E-state index is 0.166. The zero-order chi connectivity index (χ0) is 13.2. The van der Waals surface area contributed by atoms with Gasteiger partial charge in [-0.3, -0.25) is 14.4 Å². The maximum atomic E-state index is 11.8. The average molecular weight is 233 g/mol. The van der Waals surface area contributed by atoms with E-state index in [2.05, 4.69) is 0 Å². The lowest BCUT2D eigenvalue weighted by Gasteiger charge is -2.12. The van der Waals surface area contributed by atoms with Crippen LogP contribution >= 0.6 is 0 Å². The molecular formula is C13H15NO3. The van der Waals surface area contributed by atoms with Crippen molar-refractivity contribution in [1.29, 1.82) is 0 Å². The third-order valence-corrected chi connectivity index (χ3v) is 2.40. The molecule has 0 unspecified atom stereocenters. The molecule has 4 heteroatoms. The average Bonchev–Trinajstić information content (AvgIpc) is 2.27. The predicted octanol–water partition coefficient (Wildman–Crippen LogP) is 1.79. The second-order valence-electron chi connectivity index (χ2n) is 4.11. The first-order chi connectivity index (χ1) is 7.82. The predicted molar refractivity (Wildman–Crippen MR) is 64.5 cm³/mol. The van der Waals surface area contributed by atoms with Gasteiger partial charge in [-0.15, -0.1) is 0 Å². The Morgan fingerprint density at radius 2 is 1.18 bits per heavy atom. The lowest BCUT2D eigenvalue weighted by atomic mass is 10.0. The van der Waals surface area contributed by atoms with Gasteiger partial charge in [0.25, 0.3) is 5.91 Å². The van der Waals surface area contributed by atoms with Gasteiger partial charge in [-0.2, -0.15) is 0 Å². The molecule has 1 rings (SSSR count). The molecule has 0 saturated heterocycles. The summed E-state index contributed by atoms with van der Waals surface area (Å²) in [7, 11) is 3.24. The molecule has 4 nitrogen and oxygen atoms in total. The molecule has 0 fully saturated rings. The molecule has 90 valence electrons. The second kappa shape index (κ2) is 4.91. The van der Waals surface area contributed by atoms with E-state index < -0.39 is 0 Å². The Hall–Kier alpha value is -1.97. The van der Waals surface area contributed by atoms with Gasteiger partial charge >= 0.3 is 0 Å². The van der Waals surface area contributed by atoms with E-state index in [0.717, 1.165) is 0 Å². The molecule has 0 aliphatic carbocycles. The van der Waals surface area contributed by atoms with Crippen LogP contribution in [0.5, 0.6) is 0 Å². The molecule has 1 aromatic rings. The fourth-order valence-corrected chi connectivity index (χ4v) is 1.42. The molecule has 0 spiro atoms. The Balaban J connectivity index is 3.36. The smallest absolute Gasteiger partial charge is 0.253 e. The first-order valence-corrected chi connectivity index (χ1v) is 5.21. The summed E-state index contributed by atoms with van der Waals surface area (Å²) in [5.41, 5.74) is 1.11. The number of hydrogen-bond acceptors (Lipinski definition) is 3. The summed E-state index contributed by atoms with van der Waals surface area (Å²) in [5, 5.41) is 0. The van der Waals surface area contributed by atoms with E-state index in [1.165, 1.54) is 36.9 Å². The third-order valence-electron chi connectivity index (χ3n) is 2.40. The number of hydrogen-bond donors (Lipinski definition) is 0. The van der Waals surface area contributed by atoms with Crippen LogP contribution in [0.4, 0.5) is 0 Å². The van der Waals surface area contributed by atoms with Gasteiger partial charge < -0.3 is 4.90 Å². The van der Waals surface area contributed by atoms with Gasteiger partial charge in [0.2, 0.25) is 0 Å². The van der Waals surface area contributed by atoms with E-state index >= 15 is 0 Å². The van der Waals surface area contributed by atoms with Crippen molar-refractivity contribution in [1.82, 2.24) is 4.90 Å². The Bertz CT molecular complexity index is 457. The number of ketones is 2. The van der Waals surface area contributed by atoms with Crippen molar-refractivity contribution in [3.63, 3.8) is 0 Å². The van der Waals surface area contributed by atoms with Crippen LogP contribution in [-0.2, 0) is 0 Å². The molecule has 0 aliphatic heterocycles. The maximum Gasteiger partial charge on any atom is 0.253 e. The zero-order valence-corrected chi connectivity index (χ0v) is 10.4. The van der Waals surface area contributed by atoms with Gasteiger partial charge in [0.15, 0.2) is 11.6 Å². The van der Waals surface area contributed by atoms with Crippen LogP contribution in [0.2, 0.25) is 0 Å². The summed E-state index contributed by atoms with van der Waals surface area (Å²) in [6.07, 6.45) is 0. The molecule has 17 heavy (non-hydrogen) atoms. The van der Waals surface area contributed by atoms with Crippen molar-refractivity contribution in [2.45, 2.75) is 13.8 Å². The Kier molecular flexibility index (Phi) is 3.78. The van der Waals surface area contributed by atoms with Crippen LogP contribution in [0.25, 0.3) is 0 Å². The van der Waals surface area contributed by atoms with Crippen LogP contribution < -0.4 is 0 Å². The van der Waals surface area contributed by atoms with Gasteiger partial charge in [0.1, 0.15) is 0 Å². The summed E-state index contributed by atoms with van der Waals surface area (Å²) in [5.74, 6) is -0.558. The summed E-state index contributed by atoms with van der Waals surface area (Å²) in [6, 6.07) is 4.53. The van der Waals surface area contributed by atoms with E-state index in [4.69, 9.17) is 0 Å². The van der Waals surface area contributed by atoms with Gasteiger partial charge in [0, 0.05) is 30.8 Å². The van der Waals surface area contributed by atoms with Crippen LogP contribution in [0.1, 0.15) is 44.9 Å². The minimum atomic E-state index is -0.226. The van der Waals surface area contributed by atoms with Crippen molar-refractivity contribution in [2.24, 2.45) is 0 Å². The molecule has 0 heterocycles. The van der Waals surface area contributed by atoms with E-state index in [1.807, 2.05) is 0 Å². The molecular weight excluding hydrogens is 218 g/mol. The summed E-state index contributed by atoms with van der Waals surface area (Å²) < 4.78 is 0. The first kappa shape index (κ1) is 13.1. The normalized spacial score (nSPS) is 9.88. The number of Topliss-reactive ketones (excluding diaryl/α,β-unsaturated/α-hetero) is 2. The number of benzene rings is 1. The van der Waals surface area contributed by atoms with Gasteiger partial charge in [-0.25, -0.2) is 0 Å². The van der Waals surface area contributed by atoms with E-state index in [1.54, 1.807) is 14.1 Å². The van der Waals surface area contributed by atoms with Crippen molar-refractivity contribution in [3.8, 4) is 0 Å². The number of carbonyl (C=O) groups excluding carboxylic acids is 3. The Morgan fingerprint density at radius 3 is 1.47 bits per heavy atom. The lowest BCUT2D eigenvalue weighted by Crippen LogP contribution is -2.22. The molecule has 1 amide bonds. The molecule has 0 bridgehead atoms. The SMILES string of the molecule is CC(=O)c1cc(C(C)=O)cc(C(=O)N(C)C)c1. The molecule has 0 aliphatic rings. The Labute approximate surface area is 100 Å². The highest BCUT2D eigenvalue weighted by atomic mass is 16.2. The van der Waals surface area contributed by atoms with Gasteiger partial charge in [-0.05, 0) is 32.0 Å². The topological polar surface area (TPSA) is 54.5 Å². The first-order valence-electron chi connectivity index (χ1n) is 5.21. The van der Waals surface area contributed by atoms with Gasteiger partial charge in [-0.1, -0.05) is 0 Å². The van der Waals surface area contributed by atoms with Crippen LogP contribution in [0.15, 0.2) is 18.2 Å². The molecule has 0 radical (unpaired) electrons. The van der Waals surface area contributed by atoms with Crippen LogP contribution in [-0.4, -0.2) is 36.5 Å².